The Labute approximate surface area is 120 Å². The van der Waals surface area contributed by atoms with Crippen LogP contribution in [-0.4, -0.2) is 23.5 Å². The van der Waals surface area contributed by atoms with Gasteiger partial charge >= 0.3 is 0 Å². The third-order valence-electron chi connectivity index (χ3n) is 3.59. The van der Waals surface area contributed by atoms with E-state index in [4.69, 9.17) is 0 Å². The van der Waals surface area contributed by atoms with Crippen LogP contribution >= 0.6 is 11.8 Å². The number of rotatable bonds is 3. The van der Waals surface area contributed by atoms with Crippen LogP contribution in [-0.2, 0) is 0 Å². The molecular formula is C14H16F3NOS. The van der Waals surface area contributed by atoms with Crippen molar-refractivity contribution in [2.24, 2.45) is 0 Å². The predicted octanol–water partition coefficient (Wildman–Crippen LogP) is 3.51. The number of carbonyl (C=O) groups excluding carboxylic acids is 1. The minimum atomic E-state index is -1.55. The number of thioether (sulfide) groups is 1. The zero-order valence-corrected chi connectivity index (χ0v) is 11.9. The summed E-state index contributed by atoms with van der Waals surface area (Å²) in [4.78, 5) is 11.9. The first-order valence-electron chi connectivity index (χ1n) is 6.49. The molecule has 0 aromatic heterocycles. The minimum Gasteiger partial charge on any atom is -0.349 e. The Morgan fingerprint density at radius 2 is 1.70 bits per heavy atom. The molecule has 0 radical (unpaired) electrons. The van der Waals surface area contributed by atoms with Crippen LogP contribution in [0.1, 0.15) is 36.0 Å². The van der Waals surface area contributed by atoms with Crippen molar-refractivity contribution < 1.29 is 18.0 Å². The second-order valence-corrected chi connectivity index (χ2v) is 6.07. The number of hydrogen-bond acceptors (Lipinski definition) is 2. The lowest BCUT2D eigenvalue weighted by Gasteiger charge is -2.28. The zero-order chi connectivity index (χ0) is 14.7. The number of amides is 1. The van der Waals surface area contributed by atoms with Crippen LogP contribution < -0.4 is 5.32 Å². The molecule has 1 amide bonds. The summed E-state index contributed by atoms with van der Waals surface area (Å²) in [5.74, 6) is -4.81. The van der Waals surface area contributed by atoms with E-state index in [0.29, 0.717) is 5.25 Å². The van der Waals surface area contributed by atoms with Crippen LogP contribution in [0.2, 0.25) is 0 Å². The predicted molar refractivity (Wildman–Crippen MR) is 73.3 cm³/mol. The maximum absolute atomic E-state index is 13.1. The molecule has 0 aliphatic heterocycles. The standard InChI is InChI=1S/C14H16F3NOS/c1-20-10-4-2-9(3-5-10)18-14(19)8-6-11(15)13(17)12(16)7-8/h6-7,9-10H,2-5H2,1H3,(H,18,19). The van der Waals surface area contributed by atoms with Crippen molar-refractivity contribution >= 4 is 17.7 Å². The molecule has 0 atom stereocenters. The Kier molecular flexibility index (Phi) is 4.96. The lowest BCUT2D eigenvalue weighted by molar-refractivity contribution is 0.0927. The number of hydrogen-bond donors (Lipinski definition) is 1. The van der Waals surface area contributed by atoms with Gasteiger partial charge in [0, 0.05) is 16.9 Å². The Morgan fingerprint density at radius 3 is 2.20 bits per heavy atom. The first kappa shape index (κ1) is 15.2. The highest BCUT2D eigenvalue weighted by atomic mass is 32.2. The molecule has 0 unspecified atom stereocenters. The van der Waals surface area contributed by atoms with E-state index in [1.807, 2.05) is 11.8 Å². The Morgan fingerprint density at radius 1 is 1.15 bits per heavy atom. The van der Waals surface area contributed by atoms with Crippen LogP contribution in [0.15, 0.2) is 12.1 Å². The third kappa shape index (κ3) is 3.48. The maximum Gasteiger partial charge on any atom is 0.251 e. The third-order valence-corrected chi connectivity index (χ3v) is 4.73. The van der Waals surface area contributed by atoms with E-state index in [1.165, 1.54) is 0 Å². The summed E-state index contributed by atoms with van der Waals surface area (Å²) in [6.07, 6.45) is 5.79. The van der Waals surface area contributed by atoms with E-state index in [2.05, 4.69) is 11.6 Å². The van der Waals surface area contributed by atoms with Gasteiger partial charge in [0.05, 0.1) is 0 Å². The number of carbonyl (C=O) groups is 1. The summed E-state index contributed by atoms with van der Waals surface area (Å²) < 4.78 is 39.0. The molecule has 6 heteroatoms. The molecule has 0 heterocycles. The highest BCUT2D eigenvalue weighted by Gasteiger charge is 2.23. The molecule has 110 valence electrons. The fourth-order valence-corrected chi connectivity index (χ4v) is 3.14. The molecule has 0 spiro atoms. The molecule has 1 saturated carbocycles. The molecule has 1 aromatic carbocycles. The Balaban J connectivity index is 1.99. The van der Waals surface area contributed by atoms with E-state index >= 15 is 0 Å². The normalized spacial score (nSPS) is 22.6. The average molecular weight is 303 g/mol. The summed E-state index contributed by atoms with van der Waals surface area (Å²) in [5.41, 5.74) is -0.187. The van der Waals surface area contributed by atoms with Crippen molar-refractivity contribution in [3.05, 3.63) is 35.1 Å². The maximum atomic E-state index is 13.1. The van der Waals surface area contributed by atoms with Crippen LogP contribution in [0.25, 0.3) is 0 Å². The molecule has 0 saturated heterocycles. The second kappa shape index (κ2) is 6.52. The van der Waals surface area contributed by atoms with Gasteiger partial charge in [0.2, 0.25) is 0 Å². The highest BCUT2D eigenvalue weighted by molar-refractivity contribution is 7.99. The average Bonchev–Trinajstić information content (AvgIpc) is 2.45. The van der Waals surface area contributed by atoms with Crippen LogP contribution in [0.5, 0.6) is 0 Å². The largest absolute Gasteiger partial charge is 0.349 e. The fourth-order valence-electron chi connectivity index (χ4n) is 2.40. The SMILES string of the molecule is CSC1CCC(NC(=O)c2cc(F)c(F)c(F)c2)CC1. The van der Waals surface area contributed by atoms with Gasteiger partial charge in [-0.2, -0.15) is 11.8 Å². The van der Waals surface area contributed by atoms with E-state index < -0.39 is 23.4 Å². The van der Waals surface area contributed by atoms with Gasteiger partial charge in [-0.15, -0.1) is 0 Å². The lowest BCUT2D eigenvalue weighted by Crippen LogP contribution is -2.38. The lowest BCUT2D eigenvalue weighted by atomic mass is 9.94. The molecule has 1 aromatic rings. The summed E-state index contributed by atoms with van der Waals surface area (Å²) in [7, 11) is 0. The van der Waals surface area contributed by atoms with Gasteiger partial charge in [-0.3, -0.25) is 4.79 Å². The van der Waals surface area contributed by atoms with Crippen molar-refractivity contribution in [2.75, 3.05) is 6.26 Å². The summed E-state index contributed by atoms with van der Waals surface area (Å²) in [5, 5.41) is 3.36. The van der Waals surface area contributed by atoms with Crippen molar-refractivity contribution in [2.45, 2.75) is 37.0 Å². The molecule has 1 aliphatic carbocycles. The smallest absolute Gasteiger partial charge is 0.251 e. The van der Waals surface area contributed by atoms with E-state index in [-0.39, 0.29) is 11.6 Å². The molecule has 1 aliphatic rings. The van der Waals surface area contributed by atoms with Crippen molar-refractivity contribution in [3.63, 3.8) is 0 Å². The molecule has 0 bridgehead atoms. The fraction of sp³-hybridized carbons (Fsp3) is 0.500. The van der Waals surface area contributed by atoms with Crippen LogP contribution in [0, 0.1) is 17.5 Å². The van der Waals surface area contributed by atoms with Gasteiger partial charge in [-0.05, 0) is 44.1 Å². The summed E-state index contributed by atoms with van der Waals surface area (Å²) in [6.45, 7) is 0. The summed E-state index contributed by atoms with van der Waals surface area (Å²) >= 11 is 1.82. The van der Waals surface area contributed by atoms with E-state index in [0.717, 1.165) is 37.8 Å². The molecule has 2 nitrogen and oxygen atoms in total. The first-order chi connectivity index (χ1) is 9.51. The molecular weight excluding hydrogens is 287 g/mol. The van der Waals surface area contributed by atoms with Gasteiger partial charge in [0.25, 0.3) is 5.91 Å². The zero-order valence-electron chi connectivity index (χ0n) is 11.1. The van der Waals surface area contributed by atoms with Gasteiger partial charge in [-0.25, -0.2) is 13.2 Å². The Hall–Kier alpha value is -1.17. The topological polar surface area (TPSA) is 29.1 Å². The van der Waals surface area contributed by atoms with Crippen molar-refractivity contribution in [3.8, 4) is 0 Å². The molecule has 20 heavy (non-hydrogen) atoms. The molecule has 1 N–H and O–H groups in total. The molecule has 2 rings (SSSR count). The van der Waals surface area contributed by atoms with Crippen molar-refractivity contribution in [1.82, 2.24) is 5.32 Å². The summed E-state index contributed by atoms with van der Waals surface area (Å²) in [6, 6.07) is 1.46. The van der Waals surface area contributed by atoms with E-state index in [9.17, 15) is 18.0 Å². The quantitative estimate of drug-likeness (QED) is 0.866. The van der Waals surface area contributed by atoms with Crippen LogP contribution in [0.4, 0.5) is 13.2 Å². The minimum absolute atomic E-state index is 0.0158. The number of halogens is 3. The second-order valence-electron chi connectivity index (χ2n) is 4.94. The highest BCUT2D eigenvalue weighted by Crippen LogP contribution is 2.27. The van der Waals surface area contributed by atoms with Gasteiger partial charge in [-0.1, -0.05) is 0 Å². The molecule has 1 fully saturated rings. The Bertz CT molecular complexity index is 478. The van der Waals surface area contributed by atoms with Gasteiger partial charge in [0.1, 0.15) is 0 Å². The van der Waals surface area contributed by atoms with Crippen molar-refractivity contribution in [1.29, 1.82) is 0 Å². The monoisotopic (exact) mass is 303 g/mol. The number of nitrogens with one attached hydrogen (secondary N) is 1. The van der Waals surface area contributed by atoms with Gasteiger partial charge < -0.3 is 5.32 Å². The van der Waals surface area contributed by atoms with Crippen LogP contribution in [0.3, 0.4) is 0 Å². The van der Waals surface area contributed by atoms with Gasteiger partial charge in [0.15, 0.2) is 17.5 Å². The first-order valence-corrected chi connectivity index (χ1v) is 7.78. The van der Waals surface area contributed by atoms with E-state index in [1.54, 1.807) is 0 Å². The number of benzene rings is 1.